The molecular weight excluding hydrogens is 258 g/mol. The lowest BCUT2D eigenvalue weighted by molar-refractivity contribution is 0.0369. The summed E-state index contributed by atoms with van der Waals surface area (Å²) >= 11 is 0. The molecule has 17 heavy (non-hydrogen) atoms. The van der Waals surface area contributed by atoms with Gasteiger partial charge in [-0.25, -0.2) is 0 Å². The maximum absolute atomic E-state index is 6.01. The van der Waals surface area contributed by atoms with Gasteiger partial charge in [0, 0.05) is 25.4 Å². The topological polar surface area (TPSA) is 53.7 Å². The number of nitrogens with two attached hydrogens (primary N) is 1. The Bertz CT molecular complexity index is 169. The van der Waals surface area contributed by atoms with Crippen LogP contribution in [0.5, 0.6) is 0 Å². The minimum absolute atomic E-state index is 0. The van der Waals surface area contributed by atoms with Crippen molar-refractivity contribution >= 4 is 21.2 Å². The summed E-state index contributed by atoms with van der Waals surface area (Å²) in [7, 11) is -2.48. The minimum atomic E-state index is -2.48. The summed E-state index contributed by atoms with van der Waals surface area (Å²) in [4.78, 5) is 0. The lowest BCUT2D eigenvalue weighted by Crippen LogP contribution is -2.48. The highest BCUT2D eigenvalue weighted by Gasteiger charge is 2.41. The van der Waals surface area contributed by atoms with Crippen molar-refractivity contribution in [2.75, 3.05) is 19.8 Å². The molecule has 0 saturated heterocycles. The molecule has 1 atom stereocenters. The molecule has 0 amide bonds. The molecule has 1 unspecified atom stereocenters. The quantitative estimate of drug-likeness (QED) is 0.627. The second-order valence-corrected chi connectivity index (χ2v) is 6.46. The summed E-state index contributed by atoms with van der Waals surface area (Å²) in [6.45, 7) is 10.0. The van der Waals surface area contributed by atoms with Gasteiger partial charge < -0.3 is 19.0 Å². The van der Waals surface area contributed by atoms with Gasteiger partial charge >= 0.3 is 8.80 Å². The van der Waals surface area contributed by atoms with Crippen LogP contribution in [0.2, 0.25) is 6.04 Å². The number of hydrogen-bond acceptors (Lipinski definition) is 4. The fraction of sp³-hybridized carbons (Fsp3) is 1.00. The van der Waals surface area contributed by atoms with E-state index in [2.05, 4.69) is 13.8 Å². The lowest BCUT2D eigenvalue weighted by atomic mass is 10.3. The minimum Gasteiger partial charge on any atom is -0.374 e. The third-order valence-electron chi connectivity index (χ3n) is 2.37. The van der Waals surface area contributed by atoms with Crippen molar-refractivity contribution in [3.05, 3.63) is 0 Å². The Morgan fingerprint density at radius 2 is 1.65 bits per heavy atom. The Morgan fingerprint density at radius 1 is 1.12 bits per heavy atom. The van der Waals surface area contributed by atoms with Crippen molar-refractivity contribution in [2.24, 2.45) is 5.73 Å². The highest BCUT2D eigenvalue weighted by atomic mass is 35.5. The van der Waals surface area contributed by atoms with Gasteiger partial charge in [0.25, 0.3) is 0 Å². The van der Waals surface area contributed by atoms with Crippen LogP contribution >= 0.6 is 12.4 Å². The number of hydrogen-bond donors (Lipinski definition) is 1. The maximum atomic E-state index is 6.01. The molecule has 0 bridgehead atoms. The molecule has 0 spiro atoms. The van der Waals surface area contributed by atoms with E-state index in [0.29, 0.717) is 19.8 Å². The van der Waals surface area contributed by atoms with Gasteiger partial charge in [-0.15, -0.1) is 12.4 Å². The highest BCUT2D eigenvalue weighted by Crippen LogP contribution is 2.20. The zero-order valence-electron chi connectivity index (χ0n) is 11.5. The summed E-state index contributed by atoms with van der Waals surface area (Å²) in [5.41, 5.74) is 5.55. The fourth-order valence-electron chi connectivity index (χ4n) is 1.46. The molecule has 0 radical (unpaired) electrons. The van der Waals surface area contributed by atoms with Gasteiger partial charge in [-0.3, -0.25) is 0 Å². The average molecular weight is 286 g/mol. The predicted molar refractivity (Wildman–Crippen MR) is 75.6 cm³/mol. The molecule has 0 aromatic heterocycles. The normalized spacial score (nSPS) is 13.2. The molecule has 6 heteroatoms. The summed E-state index contributed by atoms with van der Waals surface area (Å²) in [6.07, 6.45) is 2.04. The molecule has 0 aliphatic rings. The molecule has 0 aliphatic carbocycles. The van der Waals surface area contributed by atoms with E-state index in [1.807, 2.05) is 13.8 Å². The van der Waals surface area contributed by atoms with Crippen molar-refractivity contribution in [2.45, 2.75) is 52.7 Å². The van der Waals surface area contributed by atoms with Crippen LogP contribution in [0.15, 0.2) is 0 Å². The van der Waals surface area contributed by atoms with Crippen LogP contribution in [0, 0.1) is 0 Å². The monoisotopic (exact) mass is 285 g/mol. The lowest BCUT2D eigenvalue weighted by Gasteiger charge is -2.31. The van der Waals surface area contributed by atoms with Gasteiger partial charge in [-0.05, 0) is 40.2 Å². The van der Waals surface area contributed by atoms with E-state index < -0.39 is 8.80 Å². The maximum Gasteiger partial charge on any atom is 0.501 e. The zero-order valence-corrected chi connectivity index (χ0v) is 13.3. The average Bonchev–Trinajstić information content (AvgIpc) is 2.27. The first-order chi connectivity index (χ1) is 7.64. The van der Waals surface area contributed by atoms with Crippen molar-refractivity contribution < 1.29 is 13.3 Å². The molecule has 0 saturated carbocycles. The van der Waals surface area contributed by atoms with E-state index in [0.717, 1.165) is 18.9 Å². The first kappa shape index (κ1) is 19.7. The Kier molecular flexibility index (Phi) is 13.2. The van der Waals surface area contributed by atoms with Crippen LogP contribution in [0.25, 0.3) is 0 Å². The van der Waals surface area contributed by atoms with Crippen molar-refractivity contribution in [3.8, 4) is 0 Å². The molecule has 2 N–H and O–H groups in total. The molecule has 0 aromatic rings. The summed E-state index contributed by atoms with van der Waals surface area (Å²) in [5, 5.41) is 0. The van der Waals surface area contributed by atoms with Crippen LogP contribution in [0.3, 0.4) is 0 Å². The SMILES string of the molecule is CCO[Si](CCCN)(OCC)OC(C)CC.Cl. The highest BCUT2D eigenvalue weighted by molar-refractivity contribution is 6.60. The molecule has 0 rings (SSSR count). The molecule has 0 aromatic carbocycles. The van der Waals surface area contributed by atoms with Crippen molar-refractivity contribution in [3.63, 3.8) is 0 Å². The van der Waals surface area contributed by atoms with E-state index >= 15 is 0 Å². The summed E-state index contributed by atoms with van der Waals surface area (Å²) in [5.74, 6) is 0. The number of halogens is 1. The van der Waals surface area contributed by atoms with Gasteiger partial charge in [-0.1, -0.05) is 6.92 Å². The van der Waals surface area contributed by atoms with E-state index in [9.17, 15) is 0 Å². The van der Waals surface area contributed by atoms with Gasteiger partial charge in [0.1, 0.15) is 0 Å². The van der Waals surface area contributed by atoms with Gasteiger partial charge in [0.15, 0.2) is 0 Å². The standard InChI is InChI=1S/C11H27NO3Si.ClH/c1-5-11(4)15-16(13-6-2,14-7-3)10-8-9-12;/h11H,5-10,12H2,1-4H3;1H. The molecule has 106 valence electrons. The van der Waals surface area contributed by atoms with Crippen LogP contribution in [-0.2, 0) is 13.3 Å². The molecule has 0 heterocycles. The Hall–Kier alpha value is 0.347. The zero-order chi connectivity index (χ0) is 12.4. The van der Waals surface area contributed by atoms with Crippen LogP contribution in [0.4, 0.5) is 0 Å². The summed E-state index contributed by atoms with van der Waals surface area (Å²) in [6, 6.07) is 0.815. The van der Waals surface area contributed by atoms with Gasteiger partial charge in [0.05, 0.1) is 0 Å². The van der Waals surface area contributed by atoms with E-state index in [1.54, 1.807) is 0 Å². The van der Waals surface area contributed by atoms with E-state index in [4.69, 9.17) is 19.0 Å². The van der Waals surface area contributed by atoms with Crippen LogP contribution in [-0.4, -0.2) is 34.7 Å². The number of rotatable bonds is 10. The first-order valence-electron chi connectivity index (χ1n) is 6.29. The molecule has 4 nitrogen and oxygen atoms in total. The fourth-order valence-corrected chi connectivity index (χ4v) is 4.38. The van der Waals surface area contributed by atoms with Gasteiger partial charge in [-0.2, -0.15) is 0 Å². The van der Waals surface area contributed by atoms with Crippen LogP contribution < -0.4 is 5.73 Å². The van der Waals surface area contributed by atoms with Crippen molar-refractivity contribution in [1.82, 2.24) is 0 Å². The Labute approximate surface area is 113 Å². The van der Waals surface area contributed by atoms with E-state index in [-0.39, 0.29) is 18.5 Å². The first-order valence-corrected chi connectivity index (χ1v) is 8.23. The van der Waals surface area contributed by atoms with Crippen LogP contribution in [0.1, 0.15) is 40.5 Å². The largest absolute Gasteiger partial charge is 0.501 e. The van der Waals surface area contributed by atoms with Crippen molar-refractivity contribution in [1.29, 1.82) is 0 Å². The summed E-state index contributed by atoms with van der Waals surface area (Å²) < 4.78 is 17.6. The van der Waals surface area contributed by atoms with E-state index in [1.165, 1.54) is 0 Å². The Balaban J connectivity index is 0. The third kappa shape index (κ3) is 8.13. The smallest absolute Gasteiger partial charge is 0.374 e. The molecular formula is C11H28ClNO3Si. The molecule has 0 fully saturated rings. The predicted octanol–water partition coefficient (Wildman–Crippen LogP) is 2.58. The second kappa shape index (κ2) is 11.4. The van der Waals surface area contributed by atoms with Gasteiger partial charge in [0.2, 0.25) is 0 Å². The molecule has 0 aliphatic heterocycles. The third-order valence-corrected chi connectivity index (χ3v) is 5.56. The Morgan fingerprint density at radius 3 is 2.00 bits per heavy atom. The second-order valence-electron chi connectivity index (χ2n) is 3.78.